The molecule has 1 saturated carbocycles. The number of halogens is 1. The van der Waals surface area contributed by atoms with Gasteiger partial charge in [0.15, 0.2) is 0 Å². The largest absolute Gasteiger partial charge is 0.495 e. The second-order valence-electron chi connectivity index (χ2n) is 7.52. The van der Waals surface area contributed by atoms with E-state index < -0.39 is 0 Å². The third-order valence-corrected chi connectivity index (χ3v) is 6.02. The van der Waals surface area contributed by atoms with Crippen molar-refractivity contribution in [3.8, 4) is 5.75 Å². The average molecular weight is 385 g/mol. The summed E-state index contributed by atoms with van der Waals surface area (Å²) in [5.41, 5.74) is 1.80. The number of hydrogen-bond donors (Lipinski definition) is 1. The summed E-state index contributed by atoms with van der Waals surface area (Å²) < 4.78 is 5.51. The molecule has 0 radical (unpaired) electrons. The maximum absolute atomic E-state index is 13.1. The number of rotatable bonds is 5. The first-order chi connectivity index (χ1) is 13.1. The van der Waals surface area contributed by atoms with Crippen LogP contribution in [-0.4, -0.2) is 32.1 Å². The molecule has 1 aliphatic heterocycles. The normalized spacial score (nSPS) is 20.8. The predicted molar refractivity (Wildman–Crippen MR) is 109 cm³/mol. The van der Waals surface area contributed by atoms with Crippen LogP contribution in [0.25, 0.3) is 0 Å². The number of piperidine rings is 1. The van der Waals surface area contributed by atoms with Gasteiger partial charge in [-0.3, -0.25) is 4.79 Å². The smallest absolute Gasteiger partial charge is 0.230 e. The van der Waals surface area contributed by atoms with Crippen molar-refractivity contribution >= 4 is 23.2 Å². The van der Waals surface area contributed by atoms with Crippen molar-refractivity contribution < 1.29 is 9.53 Å². The Morgan fingerprint density at radius 3 is 2.63 bits per heavy atom. The molecule has 142 valence electrons. The lowest BCUT2D eigenvalue weighted by molar-refractivity contribution is -0.124. The van der Waals surface area contributed by atoms with Crippen molar-refractivity contribution in [2.24, 2.45) is 0 Å². The first-order valence-corrected chi connectivity index (χ1v) is 9.95. The van der Waals surface area contributed by atoms with Gasteiger partial charge in [-0.15, -0.1) is 0 Å². The number of methoxy groups -OCH3 is 1. The lowest BCUT2D eigenvalue weighted by atomic mass is 9.94. The minimum Gasteiger partial charge on any atom is -0.495 e. The number of nitrogens with one attached hydrogen (secondary N) is 1. The van der Waals surface area contributed by atoms with Gasteiger partial charge in [0.25, 0.3) is 0 Å². The second kappa shape index (κ2) is 7.43. The molecule has 4 rings (SSSR count). The Kier molecular flexibility index (Phi) is 5.00. The number of anilines is 1. The summed E-state index contributed by atoms with van der Waals surface area (Å²) in [5, 5.41) is 4.02. The van der Waals surface area contributed by atoms with Crippen molar-refractivity contribution in [1.29, 1.82) is 0 Å². The van der Waals surface area contributed by atoms with Gasteiger partial charge in [0.1, 0.15) is 5.75 Å². The van der Waals surface area contributed by atoms with Gasteiger partial charge in [-0.05, 0) is 55.5 Å². The molecular formula is C22H25ClN2O2. The van der Waals surface area contributed by atoms with Crippen LogP contribution in [0, 0.1) is 0 Å². The van der Waals surface area contributed by atoms with E-state index in [4.69, 9.17) is 16.3 Å². The highest BCUT2D eigenvalue weighted by molar-refractivity contribution is 6.30. The Bertz CT molecular complexity index is 817. The second-order valence-corrected chi connectivity index (χ2v) is 7.96. The fourth-order valence-electron chi connectivity index (χ4n) is 4.07. The van der Waals surface area contributed by atoms with E-state index >= 15 is 0 Å². The molecule has 5 heteroatoms. The van der Waals surface area contributed by atoms with Crippen LogP contribution in [0.1, 0.15) is 31.2 Å². The van der Waals surface area contributed by atoms with E-state index in [0.29, 0.717) is 5.02 Å². The van der Waals surface area contributed by atoms with Gasteiger partial charge < -0.3 is 15.0 Å². The fourth-order valence-corrected chi connectivity index (χ4v) is 4.20. The summed E-state index contributed by atoms with van der Waals surface area (Å²) in [7, 11) is 1.70. The number of ether oxygens (including phenoxy) is 1. The van der Waals surface area contributed by atoms with Gasteiger partial charge in [0.05, 0.1) is 18.2 Å². The van der Waals surface area contributed by atoms with E-state index in [1.165, 1.54) is 0 Å². The van der Waals surface area contributed by atoms with E-state index in [0.717, 1.165) is 55.8 Å². The summed E-state index contributed by atoms with van der Waals surface area (Å²) in [6, 6.07) is 15.9. The van der Waals surface area contributed by atoms with Crippen LogP contribution >= 0.6 is 11.6 Å². The molecule has 0 aromatic heterocycles. The van der Waals surface area contributed by atoms with E-state index in [9.17, 15) is 4.79 Å². The lowest BCUT2D eigenvalue weighted by Crippen LogP contribution is -2.50. The molecule has 2 aliphatic rings. The Hall–Kier alpha value is -2.20. The molecule has 2 fully saturated rings. The molecule has 0 bridgehead atoms. The van der Waals surface area contributed by atoms with Crippen molar-refractivity contribution in [1.82, 2.24) is 5.32 Å². The molecule has 0 spiro atoms. The van der Waals surface area contributed by atoms with Gasteiger partial charge in [-0.1, -0.05) is 35.9 Å². The highest BCUT2D eigenvalue weighted by Gasteiger charge is 2.51. The van der Waals surface area contributed by atoms with Crippen LogP contribution in [0.3, 0.4) is 0 Å². The van der Waals surface area contributed by atoms with Gasteiger partial charge >= 0.3 is 0 Å². The number of amides is 1. The summed E-state index contributed by atoms with van der Waals surface area (Å²) in [6.45, 7) is 1.79. The lowest BCUT2D eigenvalue weighted by Gasteiger charge is -2.36. The summed E-state index contributed by atoms with van der Waals surface area (Å²) in [4.78, 5) is 15.4. The van der Waals surface area contributed by atoms with Crippen molar-refractivity contribution in [2.75, 3.05) is 25.1 Å². The highest BCUT2D eigenvalue weighted by atomic mass is 35.5. The van der Waals surface area contributed by atoms with Gasteiger partial charge in [-0.2, -0.15) is 0 Å². The number of nitrogens with zero attached hydrogens (tertiary/aromatic N) is 1. The minimum atomic E-state index is -0.364. The number of carbonyl (C=O) groups excluding carboxylic acids is 1. The van der Waals surface area contributed by atoms with Gasteiger partial charge in [-0.25, -0.2) is 0 Å². The zero-order valence-corrected chi connectivity index (χ0v) is 16.3. The molecule has 2 aromatic carbocycles. The predicted octanol–water partition coefficient (Wildman–Crippen LogP) is 4.17. The monoisotopic (exact) mass is 384 g/mol. The summed E-state index contributed by atoms with van der Waals surface area (Å²) in [6.07, 6.45) is 3.87. The average Bonchev–Trinajstić information content (AvgIpc) is 3.51. The first-order valence-electron chi connectivity index (χ1n) is 9.57. The molecule has 1 N–H and O–H groups in total. The third-order valence-electron chi connectivity index (χ3n) is 5.76. The molecule has 1 saturated heterocycles. The maximum Gasteiger partial charge on any atom is 0.230 e. The van der Waals surface area contributed by atoms with Gasteiger partial charge in [0.2, 0.25) is 5.91 Å². The molecule has 2 aromatic rings. The van der Waals surface area contributed by atoms with E-state index in [1.807, 2.05) is 42.5 Å². The molecular weight excluding hydrogens is 360 g/mol. The molecule has 1 amide bonds. The van der Waals surface area contributed by atoms with Crippen LogP contribution in [-0.2, 0) is 10.2 Å². The van der Waals surface area contributed by atoms with Crippen molar-refractivity contribution in [3.63, 3.8) is 0 Å². The zero-order valence-electron chi connectivity index (χ0n) is 15.6. The Morgan fingerprint density at radius 2 is 1.93 bits per heavy atom. The maximum atomic E-state index is 13.1. The van der Waals surface area contributed by atoms with Crippen LogP contribution in [0.2, 0.25) is 5.02 Å². The molecule has 1 unspecified atom stereocenters. The van der Waals surface area contributed by atoms with Crippen LogP contribution in [0.15, 0.2) is 48.5 Å². The Balaban J connectivity index is 1.45. The fraction of sp³-hybridized carbons (Fsp3) is 0.409. The van der Waals surface area contributed by atoms with Crippen LogP contribution in [0.5, 0.6) is 5.75 Å². The van der Waals surface area contributed by atoms with Crippen molar-refractivity contribution in [3.05, 3.63) is 59.1 Å². The molecule has 1 aliphatic carbocycles. The highest BCUT2D eigenvalue weighted by Crippen LogP contribution is 2.48. The topological polar surface area (TPSA) is 41.6 Å². The van der Waals surface area contributed by atoms with E-state index in [2.05, 4.69) is 16.3 Å². The van der Waals surface area contributed by atoms with Crippen LogP contribution in [0.4, 0.5) is 5.69 Å². The van der Waals surface area contributed by atoms with Crippen LogP contribution < -0.4 is 15.0 Å². The minimum absolute atomic E-state index is 0.150. The van der Waals surface area contributed by atoms with Crippen molar-refractivity contribution in [2.45, 2.75) is 37.1 Å². The third kappa shape index (κ3) is 3.63. The zero-order chi connectivity index (χ0) is 18.9. The van der Waals surface area contributed by atoms with E-state index in [-0.39, 0.29) is 17.4 Å². The van der Waals surface area contributed by atoms with Gasteiger partial charge in [0, 0.05) is 24.2 Å². The number of benzene rings is 2. The summed E-state index contributed by atoms with van der Waals surface area (Å²) in [5.74, 6) is 1.03. The Morgan fingerprint density at radius 1 is 1.19 bits per heavy atom. The van der Waals surface area contributed by atoms with E-state index in [1.54, 1.807) is 7.11 Å². The summed E-state index contributed by atoms with van der Waals surface area (Å²) >= 11 is 6.00. The quantitative estimate of drug-likeness (QED) is 0.841. The number of carbonyl (C=O) groups is 1. The number of hydrogen-bond acceptors (Lipinski definition) is 3. The Labute approximate surface area is 165 Å². The first kappa shape index (κ1) is 18.2. The number of para-hydroxylation sites is 2. The molecule has 4 nitrogen and oxygen atoms in total. The standard InChI is InChI=1S/C22H25ClN2O2/c1-27-20-7-3-2-6-19(20)25-14-4-5-18(15-25)24-21(26)22(12-13-22)16-8-10-17(23)11-9-16/h2-3,6-11,18H,4-5,12-15H2,1H3,(H,24,26). The molecule has 1 atom stereocenters. The SMILES string of the molecule is COc1ccccc1N1CCCC(NC(=O)C2(c3ccc(Cl)cc3)CC2)C1. The molecule has 1 heterocycles. The molecule has 27 heavy (non-hydrogen) atoms.